The minimum atomic E-state index is -0.678. The van der Waals surface area contributed by atoms with Gasteiger partial charge in [0.2, 0.25) is 0 Å². The summed E-state index contributed by atoms with van der Waals surface area (Å²) in [4.78, 5) is 23.3. The van der Waals surface area contributed by atoms with Crippen LogP contribution in [0.15, 0.2) is 36.0 Å². The molecule has 0 bridgehead atoms. The molecule has 6 nitrogen and oxygen atoms in total. The number of benzene rings is 1. The van der Waals surface area contributed by atoms with E-state index >= 15 is 0 Å². The number of rotatable bonds is 3. The van der Waals surface area contributed by atoms with Crippen LogP contribution in [-0.4, -0.2) is 23.6 Å². The maximum Gasteiger partial charge on any atom is 0.345 e. The number of esters is 1. The van der Waals surface area contributed by atoms with Gasteiger partial charge < -0.3 is 20.5 Å². The van der Waals surface area contributed by atoms with Crippen LogP contribution in [0.25, 0.3) is 0 Å². The monoisotopic (exact) mass is 262 g/mol. The van der Waals surface area contributed by atoms with Crippen LogP contribution in [0.2, 0.25) is 0 Å². The molecule has 0 spiro atoms. The van der Waals surface area contributed by atoms with Crippen LogP contribution >= 0.6 is 0 Å². The molecular formula is C13H14N2O4. The molecule has 1 aliphatic rings. The minimum absolute atomic E-state index is 0.0632. The van der Waals surface area contributed by atoms with Crippen LogP contribution < -0.4 is 10.6 Å². The first kappa shape index (κ1) is 12.9. The second-order valence-corrected chi connectivity index (χ2v) is 3.91. The number of aromatic hydroxyl groups is 1. The van der Waals surface area contributed by atoms with E-state index in [2.05, 4.69) is 10.6 Å². The summed E-state index contributed by atoms with van der Waals surface area (Å²) in [6.07, 6.45) is 0.723. The van der Waals surface area contributed by atoms with Crippen molar-refractivity contribution in [2.75, 3.05) is 6.61 Å². The fourth-order valence-corrected chi connectivity index (χ4v) is 1.74. The maximum atomic E-state index is 11.8. The Labute approximate surface area is 110 Å². The molecule has 1 atom stereocenters. The minimum Gasteiger partial charge on any atom is -0.508 e. The molecule has 0 aliphatic carbocycles. The molecule has 1 aromatic carbocycles. The molecule has 1 unspecified atom stereocenters. The Morgan fingerprint density at radius 3 is 2.79 bits per heavy atom. The van der Waals surface area contributed by atoms with Crippen LogP contribution in [-0.2, 0) is 14.3 Å². The highest BCUT2D eigenvalue weighted by atomic mass is 16.5. The zero-order valence-electron chi connectivity index (χ0n) is 10.3. The van der Waals surface area contributed by atoms with E-state index in [1.54, 1.807) is 25.1 Å². The topological polar surface area (TPSA) is 87.7 Å². The van der Waals surface area contributed by atoms with Gasteiger partial charge in [-0.1, -0.05) is 18.2 Å². The van der Waals surface area contributed by atoms with E-state index in [9.17, 15) is 14.7 Å². The van der Waals surface area contributed by atoms with E-state index in [0.717, 1.165) is 0 Å². The van der Waals surface area contributed by atoms with Crippen molar-refractivity contribution in [3.63, 3.8) is 0 Å². The van der Waals surface area contributed by atoms with Gasteiger partial charge in [0.15, 0.2) is 0 Å². The average Bonchev–Trinajstić information content (AvgIpc) is 2.39. The highest BCUT2D eigenvalue weighted by Gasteiger charge is 2.28. The zero-order chi connectivity index (χ0) is 13.8. The van der Waals surface area contributed by atoms with Gasteiger partial charge in [-0.15, -0.1) is 0 Å². The number of hydrogen-bond donors (Lipinski definition) is 3. The van der Waals surface area contributed by atoms with Gasteiger partial charge in [-0.05, 0) is 13.0 Å². The molecule has 100 valence electrons. The number of carbonyl (C=O) groups excluding carboxylic acids is 2. The summed E-state index contributed by atoms with van der Waals surface area (Å²) in [7, 11) is 0. The van der Waals surface area contributed by atoms with Crippen molar-refractivity contribution in [2.45, 2.75) is 13.1 Å². The zero-order valence-corrected chi connectivity index (χ0v) is 10.3. The molecule has 1 aromatic rings. The van der Waals surface area contributed by atoms with E-state index in [0.29, 0.717) is 5.56 Å². The van der Waals surface area contributed by atoms with E-state index in [1.165, 1.54) is 12.3 Å². The Morgan fingerprint density at radius 1 is 1.42 bits per heavy atom. The van der Waals surface area contributed by atoms with E-state index in [4.69, 9.17) is 4.74 Å². The first-order valence-corrected chi connectivity index (χ1v) is 5.85. The lowest BCUT2D eigenvalue weighted by molar-refractivity contribution is -0.140. The normalized spacial score (nSPS) is 18.1. The third kappa shape index (κ3) is 2.67. The maximum absolute atomic E-state index is 11.8. The largest absolute Gasteiger partial charge is 0.508 e. The molecule has 19 heavy (non-hydrogen) atoms. The standard InChI is InChI=1S/C13H14N2O4/c1-2-19-13(18)9-7-14-11(15-12(9)17)8-5-3-4-6-10(8)16/h3-7,11,14,16H,2H2,1H3,(H,15,17). The number of phenolic OH excluding ortho intramolecular Hbond substituents is 1. The SMILES string of the molecule is CCOC(=O)C1=CNC(c2ccccc2O)NC1=O. The lowest BCUT2D eigenvalue weighted by atomic mass is 10.1. The Kier molecular flexibility index (Phi) is 3.70. The van der Waals surface area contributed by atoms with Gasteiger partial charge in [0, 0.05) is 11.8 Å². The molecule has 6 heteroatoms. The van der Waals surface area contributed by atoms with Crippen LogP contribution in [0.1, 0.15) is 18.7 Å². The molecule has 0 saturated carbocycles. The molecule has 1 heterocycles. The predicted octanol–water partition coefficient (Wildman–Crippen LogP) is 0.557. The number of nitrogens with one attached hydrogen (secondary N) is 2. The van der Waals surface area contributed by atoms with Gasteiger partial charge in [0.25, 0.3) is 5.91 Å². The molecule has 2 rings (SSSR count). The molecule has 1 amide bonds. The third-order valence-corrected chi connectivity index (χ3v) is 2.66. The van der Waals surface area contributed by atoms with Crippen molar-refractivity contribution in [1.82, 2.24) is 10.6 Å². The van der Waals surface area contributed by atoms with Crippen LogP contribution in [0.5, 0.6) is 5.75 Å². The number of phenols is 1. The summed E-state index contributed by atoms with van der Waals surface area (Å²) < 4.78 is 4.76. The Bertz CT molecular complexity index is 539. The van der Waals surface area contributed by atoms with Crippen molar-refractivity contribution >= 4 is 11.9 Å². The second-order valence-electron chi connectivity index (χ2n) is 3.91. The quantitative estimate of drug-likeness (QED) is 0.547. The number of carbonyl (C=O) groups is 2. The smallest absolute Gasteiger partial charge is 0.345 e. The van der Waals surface area contributed by atoms with E-state index < -0.39 is 18.0 Å². The number of ether oxygens (including phenoxy) is 1. The van der Waals surface area contributed by atoms with E-state index in [1.807, 2.05) is 0 Å². The van der Waals surface area contributed by atoms with Crippen molar-refractivity contribution in [1.29, 1.82) is 0 Å². The van der Waals surface area contributed by atoms with Gasteiger partial charge in [0.05, 0.1) is 6.61 Å². The van der Waals surface area contributed by atoms with Crippen molar-refractivity contribution in [2.24, 2.45) is 0 Å². The first-order chi connectivity index (χ1) is 9.13. The Hall–Kier alpha value is -2.50. The predicted molar refractivity (Wildman–Crippen MR) is 66.8 cm³/mol. The highest BCUT2D eigenvalue weighted by Crippen LogP contribution is 2.23. The molecular weight excluding hydrogens is 248 g/mol. The van der Waals surface area contributed by atoms with Gasteiger partial charge in [-0.3, -0.25) is 4.79 Å². The van der Waals surface area contributed by atoms with Crippen molar-refractivity contribution < 1.29 is 19.4 Å². The van der Waals surface area contributed by atoms with Crippen LogP contribution in [0, 0.1) is 0 Å². The van der Waals surface area contributed by atoms with Gasteiger partial charge >= 0.3 is 5.97 Å². The number of amides is 1. The lowest BCUT2D eigenvalue weighted by Crippen LogP contribution is -2.43. The lowest BCUT2D eigenvalue weighted by Gasteiger charge is -2.25. The first-order valence-electron chi connectivity index (χ1n) is 5.85. The fraction of sp³-hybridized carbons (Fsp3) is 0.231. The summed E-state index contributed by atoms with van der Waals surface area (Å²) in [5.41, 5.74) is 0.434. The van der Waals surface area contributed by atoms with Gasteiger partial charge in [-0.25, -0.2) is 4.79 Å². The third-order valence-electron chi connectivity index (χ3n) is 2.66. The Morgan fingerprint density at radius 2 is 2.16 bits per heavy atom. The average molecular weight is 262 g/mol. The summed E-state index contributed by atoms with van der Waals surface area (Å²) in [6.45, 7) is 1.86. The summed E-state index contributed by atoms with van der Waals surface area (Å²) >= 11 is 0. The molecule has 0 saturated heterocycles. The molecule has 3 N–H and O–H groups in total. The Balaban J connectivity index is 2.18. The van der Waals surface area contributed by atoms with Crippen LogP contribution in [0.4, 0.5) is 0 Å². The second kappa shape index (κ2) is 5.43. The number of para-hydroxylation sites is 1. The summed E-state index contributed by atoms with van der Waals surface area (Å²) in [5, 5.41) is 15.1. The molecule has 0 fully saturated rings. The van der Waals surface area contributed by atoms with Crippen molar-refractivity contribution in [3.05, 3.63) is 41.6 Å². The molecule has 0 aromatic heterocycles. The van der Waals surface area contributed by atoms with Crippen LogP contribution in [0.3, 0.4) is 0 Å². The van der Waals surface area contributed by atoms with Crippen molar-refractivity contribution in [3.8, 4) is 5.75 Å². The summed E-state index contributed by atoms with van der Waals surface area (Å²) in [5.74, 6) is -1.15. The molecule has 1 aliphatic heterocycles. The molecule has 0 radical (unpaired) electrons. The van der Waals surface area contributed by atoms with Gasteiger partial charge in [-0.2, -0.15) is 0 Å². The fourth-order valence-electron chi connectivity index (χ4n) is 1.74. The number of hydrogen-bond acceptors (Lipinski definition) is 5. The highest BCUT2D eigenvalue weighted by molar-refractivity contribution is 6.16. The van der Waals surface area contributed by atoms with Gasteiger partial charge in [0.1, 0.15) is 17.5 Å². The summed E-state index contributed by atoms with van der Waals surface area (Å²) in [6, 6.07) is 6.63. The van der Waals surface area contributed by atoms with E-state index in [-0.39, 0.29) is 17.9 Å².